The first-order valence-electron chi connectivity index (χ1n) is 10.3. The SMILES string of the molecule is CCOc1cccc2cc(-c3csc(NC(=O)CCCSc4ccc(OC)cc4)n3)oc12. The van der Waals surface area contributed by atoms with Crippen LogP contribution in [-0.2, 0) is 4.79 Å². The molecule has 0 radical (unpaired) electrons. The summed E-state index contributed by atoms with van der Waals surface area (Å²) >= 11 is 3.11. The zero-order chi connectivity index (χ0) is 22.3. The number of carbonyl (C=O) groups excluding carboxylic acids is 1. The van der Waals surface area contributed by atoms with Crippen LogP contribution in [0, 0.1) is 0 Å². The average Bonchev–Trinajstić information content (AvgIpc) is 3.45. The molecule has 6 nitrogen and oxygen atoms in total. The van der Waals surface area contributed by atoms with Crippen LogP contribution >= 0.6 is 23.1 Å². The molecule has 1 N–H and O–H groups in total. The fourth-order valence-electron chi connectivity index (χ4n) is 3.15. The van der Waals surface area contributed by atoms with E-state index in [-0.39, 0.29) is 5.91 Å². The Morgan fingerprint density at radius 3 is 2.84 bits per heavy atom. The maximum atomic E-state index is 12.3. The minimum atomic E-state index is -0.0375. The Balaban J connectivity index is 1.29. The minimum absolute atomic E-state index is 0.0375. The second-order valence-corrected chi connectivity index (χ2v) is 8.96. The molecule has 0 spiro atoms. The number of rotatable bonds is 10. The lowest BCUT2D eigenvalue weighted by molar-refractivity contribution is -0.116. The van der Waals surface area contributed by atoms with Crippen LogP contribution in [0.15, 0.2) is 63.2 Å². The molecule has 1 amide bonds. The first-order chi connectivity index (χ1) is 15.7. The Kier molecular flexibility index (Phi) is 7.34. The van der Waals surface area contributed by atoms with Gasteiger partial charge in [-0.1, -0.05) is 12.1 Å². The Hall–Kier alpha value is -2.97. The van der Waals surface area contributed by atoms with Crippen molar-refractivity contribution in [1.82, 2.24) is 4.98 Å². The van der Waals surface area contributed by atoms with Crippen molar-refractivity contribution in [2.24, 2.45) is 0 Å². The fraction of sp³-hybridized carbons (Fsp3) is 0.250. The standard InChI is InChI=1S/C24H24N2O4S2/c1-3-29-20-7-4-6-16-14-21(30-23(16)20)19-15-32-24(25-19)26-22(27)8-5-13-31-18-11-9-17(28-2)10-12-18/h4,6-7,9-12,14-15H,3,5,8,13H2,1-2H3,(H,25,26,27). The molecule has 0 aliphatic heterocycles. The van der Waals surface area contributed by atoms with Gasteiger partial charge in [0.1, 0.15) is 11.4 Å². The average molecular weight is 469 g/mol. The third kappa shape index (κ3) is 5.44. The molecule has 8 heteroatoms. The van der Waals surface area contributed by atoms with E-state index >= 15 is 0 Å². The second-order valence-electron chi connectivity index (χ2n) is 6.93. The number of hydrogen-bond donors (Lipinski definition) is 1. The smallest absolute Gasteiger partial charge is 0.226 e. The predicted molar refractivity (Wildman–Crippen MR) is 130 cm³/mol. The third-order valence-electron chi connectivity index (χ3n) is 4.69. The van der Waals surface area contributed by atoms with Gasteiger partial charge >= 0.3 is 0 Å². The number of aromatic nitrogens is 1. The van der Waals surface area contributed by atoms with Gasteiger partial charge in [-0.3, -0.25) is 4.79 Å². The fourth-order valence-corrected chi connectivity index (χ4v) is 4.72. The van der Waals surface area contributed by atoms with E-state index in [1.165, 1.54) is 11.3 Å². The molecule has 32 heavy (non-hydrogen) atoms. The highest BCUT2D eigenvalue weighted by Crippen LogP contribution is 2.34. The van der Waals surface area contributed by atoms with Crippen LogP contribution in [0.5, 0.6) is 11.5 Å². The lowest BCUT2D eigenvalue weighted by atomic mass is 10.2. The second kappa shape index (κ2) is 10.6. The van der Waals surface area contributed by atoms with Gasteiger partial charge in [0.05, 0.1) is 13.7 Å². The van der Waals surface area contributed by atoms with Crippen molar-refractivity contribution < 1.29 is 18.7 Å². The third-order valence-corrected chi connectivity index (χ3v) is 6.54. The number of ether oxygens (including phenoxy) is 2. The Labute approximate surface area is 194 Å². The topological polar surface area (TPSA) is 73.6 Å². The number of carbonyl (C=O) groups is 1. The van der Waals surface area contributed by atoms with Crippen molar-refractivity contribution in [1.29, 1.82) is 0 Å². The van der Waals surface area contributed by atoms with Crippen LogP contribution in [0.25, 0.3) is 22.4 Å². The number of furan rings is 1. The molecule has 0 bridgehead atoms. The summed E-state index contributed by atoms with van der Waals surface area (Å²) in [6.07, 6.45) is 1.23. The number of amides is 1. The van der Waals surface area contributed by atoms with Gasteiger partial charge in [0.2, 0.25) is 5.91 Å². The van der Waals surface area contributed by atoms with Gasteiger partial charge in [-0.05, 0) is 55.5 Å². The zero-order valence-corrected chi connectivity index (χ0v) is 19.6. The Morgan fingerprint density at radius 1 is 1.22 bits per heavy atom. The highest BCUT2D eigenvalue weighted by molar-refractivity contribution is 7.99. The summed E-state index contributed by atoms with van der Waals surface area (Å²) in [6.45, 7) is 2.51. The molecule has 2 aromatic carbocycles. The molecule has 0 aliphatic carbocycles. The molecular formula is C24H24N2O4S2. The van der Waals surface area contributed by atoms with Crippen molar-refractivity contribution in [2.45, 2.75) is 24.7 Å². The number of nitrogens with one attached hydrogen (secondary N) is 1. The van der Waals surface area contributed by atoms with Crippen molar-refractivity contribution in [2.75, 3.05) is 24.8 Å². The van der Waals surface area contributed by atoms with Crippen molar-refractivity contribution in [3.8, 4) is 23.0 Å². The highest BCUT2D eigenvalue weighted by atomic mass is 32.2. The summed E-state index contributed by atoms with van der Waals surface area (Å²) in [4.78, 5) is 18.0. The summed E-state index contributed by atoms with van der Waals surface area (Å²) in [7, 11) is 1.65. The van der Waals surface area contributed by atoms with Gasteiger partial charge in [-0.2, -0.15) is 0 Å². The van der Waals surface area contributed by atoms with Crippen molar-refractivity contribution in [3.63, 3.8) is 0 Å². The summed E-state index contributed by atoms with van der Waals surface area (Å²) in [5.74, 6) is 3.04. The summed E-state index contributed by atoms with van der Waals surface area (Å²) in [5, 5.41) is 6.29. The van der Waals surface area contributed by atoms with Crippen LogP contribution < -0.4 is 14.8 Å². The molecule has 4 aromatic rings. The molecular weight excluding hydrogens is 444 g/mol. The van der Waals surface area contributed by atoms with Gasteiger partial charge in [0.15, 0.2) is 22.2 Å². The largest absolute Gasteiger partial charge is 0.497 e. The van der Waals surface area contributed by atoms with Crippen LogP contribution in [0.4, 0.5) is 5.13 Å². The Morgan fingerprint density at radius 2 is 2.06 bits per heavy atom. The molecule has 2 heterocycles. The normalized spacial score (nSPS) is 10.9. The van der Waals surface area contributed by atoms with Gasteiger partial charge in [0.25, 0.3) is 0 Å². The number of fused-ring (bicyclic) bond motifs is 1. The summed E-state index contributed by atoms with van der Waals surface area (Å²) in [5.41, 5.74) is 1.40. The van der Waals surface area contributed by atoms with E-state index in [4.69, 9.17) is 13.9 Å². The molecule has 0 atom stereocenters. The lowest BCUT2D eigenvalue weighted by Crippen LogP contribution is -2.11. The number of benzene rings is 2. The molecule has 0 aliphatic rings. The molecule has 2 aromatic heterocycles. The van der Waals surface area contributed by atoms with Crippen LogP contribution in [0.2, 0.25) is 0 Å². The van der Waals surface area contributed by atoms with Gasteiger partial charge in [-0.15, -0.1) is 23.1 Å². The summed E-state index contributed by atoms with van der Waals surface area (Å²) in [6, 6.07) is 15.7. The van der Waals surface area contributed by atoms with Gasteiger partial charge < -0.3 is 19.2 Å². The number of thioether (sulfide) groups is 1. The minimum Gasteiger partial charge on any atom is -0.497 e. The summed E-state index contributed by atoms with van der Waals surface area (Å²) < 4.78 is 16.8. The van der Waals surface area contributed by atoms with Crippen LogP contribution in [0.1, 0.15) is 19.8 Å². The molecule has 0 saturated carbocycles. The molecule has 4 rings (SSSR count). The van der Waals surface area contributed by atoms with Crippen LogP contribution in [-0.4, -0.2) is 30.4 Å². The Bertz CT molecular complexity index is 1180. The van der Waals surface area contributed by atoms with Crippen LogP contribution in [0.3, 0.4) is 0 Å². The predicted octanol–water partition coefficient (Wildman–Crippen LogP) is 6.47. The monoisotopic (exact) mass is 468 g/mol. The zero-order valence-electron chi connectivity index (χ0n) is 17.9. The van der Waals surface area contributed by atoms with E-state index in [1.807, 2.05) is 60.8 Å². The van der Waals surface area contributed by atoms with Crippen molar-refractivity contribution in [3.05, 3.63) is 53.9 Å². The number of methoxy groups -OCH3 is 1. The molecule has 0 saturated heterocycles. The molecule has 0 fully saturated rings. The lowest BCUT2D eigenvalue weighted by Gasteiger charge is -2.04. The van der Waals surface area contributed by atoms with E-state index in [1.54, 1.807) is 18.9 Å². The van der Waals surface area contributed by atoms with E-state index in [0.717, 1.165) is 28.2 Å². The van der Waals surface area contributed by atoms with Gasteiger partial charge in [0, 0.05) is 22.1 Å². The number of nitrogens with zero attached hydrogens (tertiary/aromatic N) is 1. The quantitative estimate of drug-likeness (QED) is 0.212. The maximum absolute atomic E-state index is 12.3. The van der Waals surface area contributed by atoms with Gasteiger partial charge in [-0.25, -0.2) is 4.98 Å². The number of thiazole rings is 1. The molecule has 0 unspecified atom stereocenters. The number of para-hydroxylation sites is 1. The number of anilines is 1. The van der Waals surface area contributed by atoms with Crippen molar-refractivity contribution >= 4 is 45.1 Å². The first kappa shape index (κ1) is 22.2. The van der Waals surface area contributed by atoms with E-state index in [2.05, 4.69) is 10.3 Å². The first-order valence-corrected chi connectivity index (χ1v) is 12.2. The molecule has 166 valence electrons. The maximum Gasteiger partial charge on any atom is 0.226 e. The highest BCUT2D eigenvalue weighted by Gasteiger charge is 2.14. The van der Waals surface area contributed by atoms with E-state index in [0.29, 0.717) is 40.9 Å². The van der Waals surface area contributed by atoms with E-state index < -0.39 is 0 Å². The number of hydrogen-bond acceptors (Lipinski definition) is 7. The van der Waals surface area contributed by atoms with E-state index in [9.17, 15) is 4.79 Å².